The molecular weight excluding hydrogens is 250 g/mol. The van der Waals surface area contributed by atoms with Crippen molar-refractivity contribution in [3.05, 3.63) is 47.5 Å². The average Bonchev–Trinajstić information content (AvgIpc) is 2.92. The predicted octanol–water partition coefficient (Wildman–Crippen LogP) is 3.25. The van der Waals surface area contributed by atoms with E-state index in [2.05, 4.69) is 33.5 Å². The van der Waals surface area contributed by atoms with Crippen LogP contribution in [0.5, 0.6) is 0 Å². The van der Waals surface area contributed by atoms with Crippen molar-refractivity contribution >= 4 is 23.2 Å². The summed E-state index contributed by atoms with van der Waals surface area (Å²) in [7, 11) is 0. The van der Waals surface area contributed by atoms with Gasteiger partial charge in [0.05, 0.1) is 18.2 Å². The van der Waals surface area contributed by atoms with Crippen molar-refractivity contribution in [2.45, 2.75) is 26.2 Å². The van der Waals surface area contributed by atoms with E-state index in [4.69, 9.17) is 0 Å². The minimum Gasteiger partial charge on any atom is -0.345 e. The molecular formula is C16H17N3O. The van der Waals surface area contributed by atoms with E-state index >= 15 is 0 Å². The van der Waals surface area contributed by atoms with Crippen LogP contribution >= 0.6 is 0 Å². The van der Waals surface area contributed by atoms with Crippen molar-refractivity contribution in [1.82, 2.24) is 9.97 Å². The Morgan fingerprint density at radius 2 is 2.30 bits per heavy atom. The molecule has 3 rings (SSSR count). The number of benzene rings is 1. The minimum absolute atomic E-state index is 0.0418. The number of allylic oxidation sites excluding steroid dienone is 1. The first-order valence-corrected chi connectivity index (χ1v) is 6.82. The molecule has 4 nitrogen and oxygen atoms in total. The quantitative estimate of drug-likeness (QED) is 0.877. The molecule has 1 heterocycles. The van der Waals surface area contributed by atoms with Crippen molar-refractivity contribution in [3.63, 3.8) is 0 Å². The third-order valence-electron chi connectivity index (χ3n) is 3.52. The molecule has 0 unspecified atom stereocenters. The number of aromatic amines is 1. The summed E-state index contributed by atoms with van der Waals surface area (Å²) in [5.41, 5.74) is 5.74. The van der Waals surface area contributed by atoms with Gasteiger partial charge in [0.1, 0.15) is 0 Å². The normalized spacial score (nSPS) is 15.9. The molecule has 2 N–H and O–H groups in total. The zero-order valence-corrected chi connectivity index (χ0v) is 11.4. The highest BCUT2D eigenvalue weighted by Crippen LogP contribution is 2.33. The van der Waals surface area contributed by atoms with Gasteiger partial charge in [-0.3, -0.25) is 4.79 Å². The fourth-order valence-corrected chi connectivity index (χ4v) is 2.66. The third-order valence-corrected chi connectivity index (χ3v) is 3.52. The van der Waals surface area contributed by atoms with Crippen LogP contribution in [0.2, 0.25) is 0 Å². The van der Waals surface area contributed by atoms with Gasteiger partial charge in [-0.1, -0.05) is 6.07 Å². The van der Waals surface area contributed by atoms with Gasteiger partial charge < -0.3 is 10.3 Å². The lowest BCUT2D eigenvalue weighted by Gasteiger charge is -2.20. The largest absolute Gasteiger partial charge is 0.345 e. The van der Waals surface area contributed by atoms with E-state index in [1.807, 2.05) is 12.3 Å². The number of carbonyl (C=O) groups excluding carboxylic acids is 1. The number of imidazole rings is 1. The molecule has 20 heavy (non-hydrogen) atoms. The Bertz CT molecular complexity index is 656. The predicted molar refractivity (Wildman–Crippen MR) is 80.1 cm³/mol. The number of anilines is 1. The Balaban J connectivity index is 2.00. The lowest BCUT2D eigenvalue weighted by molar-refractivity contribution is -0.114. The Morgan fingerprint density at radius 3 is 3.05 bits per heavy atom. The Labute approximate surface area is 117 Å². The van der Waals surface area contributed by atoms with Gasteiger partial charge >= 0.3 is 0 Å². The van der Waals surface area contributed by atoms with Gasteiger partial charge in [-0.05, 0) is 54.2 Å². The van der Waals surface area contributed by atoms with Crippen LogP contribution in [0.1, 0.15) is 36.6 Å². The van der Waals surface area contributed by atoms with Gasteiger partial charge in [-0.2, -0.15) is 0 Å². The number of amides is 1. The van der Waals surface area contributed by atoms with E-state index in [-0.39, 0.29) is 5.91 Å². The monoisotopic (exact) mass is 267 g/mol. The number of hydrogen-bond acceptors (Lipinski definition) is 2. The molecule has 0 saturated carbocycles. The fourth-order valence-electron chi connectivity index (χ4n) is 2.66. The first-order valence-electron chi connectivity index (χ1n) is 6.82. The molecule has 0 atom stereocenters. The molecule has 0 saturated heterocycles. The van der Waals surface area contributed by atoms with Crippen LogP contribution in [0, 0.1) is 0 Å². The SMILES string of the molecule is CC(=O)Nc1ccc2c(c1)/C(=C/c1cnc[nH]1)CCC2. The van der Waals surface area contributed by atoms with Gasteiger partial charge in [-0.25, -0.2) is 4.98 Å². The van der Waals surface area contributed by atoms with Gasteiger partial charge in [0.15, 0.2) is 0 Å². The van der Waals surface area contributed by atoms with E-state index in [9.17, 15) is 4.79 Å². The second kappa shape index (κ2) is 5.33. The molecule has 1 amide bonds. The number of nitrogens with one attached hydrogen (secondary N) is 2. The van der Waals surface area contributed by atoms with Crippen molar-refractivity contribution in [2.24, 2.45) is 0 Å². The molecule has 1 aliphatic rings. The average molecular weight is 267 g/mol. The summed E-state index contributed by atoms with van der Waals surface area (Å²) < 4.78 is 0. The zero-order valence-electron chi connectivity index (χ0n) is 11.4. The minimum atomic E-state index is -0.0418. The fraction of sp³-hybridized carbons (Fsp3) is 0.250. The maximum absolute atomic E-state index is 11.2. The lowest BCUT2D eigenvalue weighted by Crippen LogP contribution is -2.08. The van der Waals surface area contributed by atoms with Crippen molar-refractivity contribution < 1.29 is 4.79 Å². The van der Waals surface area contributed by atoms with E-state index < -0.39 is 0 Å². The van der Waals surface area contributed by atoms with Crippen molar-refractivity contribution in [3.8, 4) is 0 Å². The molecule has 0 fully saturated rings. The topological polar surface area (TPSA) is 57.8 Å². The summed E-state index contributed by atoms with van der Waals surface area (Å²) in [6.07, 6.45) is 8.95. The highest BCUT2D eigenvalue weighted by atomic mass is 16.1. The molecule has 4 heteroatoms. The van der Waals surface area contributed by atoms with E-state index in [0.29, 0.717) is 0 Å². The second-order valence-electron chi connectivity index (χ2n) is 5.08. The number of fused-ring (bicyclic) bond motifs is 1. The molecule has 2 aromatic rings. The summed E-state index contributed by atoms with van der Waals surface area (Å²) >= 11 is 0. The van der Waals surface area contributed by atoms with E-state index in [1.54, 1.807) is 6.33 Å². The molecule has 1 aromatic heterocycles. The van der Waals surface area contributed by atoms with Crippen LogP contribution in [0.4, 0.5) is 5.69 Å². The molecule has 0 bridgehead atoms. The van der Waals surface area contributed by atoms with Gasteiger partial charge in [-0.15, -0.1) is 0 Å². The Kier molecular flexibility index (Phi) is 3.37. The van der Waals surface area contributed by atoms with Gasteiger partial charge in [0.2, 0.25) is 5.91 Å². The van der Waals surface area contributed by atoms with Crippen LogP contribution in [-0.4, -0.2) is 15.9 Å². The Hall–Kier alpha value is -2.36. The third kappa shape index (κ3) is 2.64. The number of rotatable bonds is 2. The lowest BCUT2D eigenvalue weighted by atomic mass is 9.86. The van der Waals surface area contributed by atoms with Crippen LogP contribution in [-0.2, 0) is 11.2 Å². The highest BCUT2D eigenvalue weighted by molar-refractivity contribution is 5.90. The summed E-state index contributed by atoms with van der Waals surface area (Å²) in [6.45, 7) is 1.53. The van der Waals surface area contributed by atoms with Gasteiger partial charge in [0, 0.05) is 12.6 Å². The summed E-state index contributed by atoms with van der Waals surface area (Å²) in [5.74, 6) is -0.0418. The molecule has 0 aliphatic heterocycles. The molecule has 0 spiro atoms. The van der Waals surface area contributed by atoms with Crippen LogP contribution in [0.3, 0.4) is 0 Å². The van der Waals surface area contributed by atoms with Gasteiger partial charge in [0.25, 0.3) is 0 Å². The smallest absolute Gasteiger partial charge is 0.221 e. The molecule has 1 aliphatic carbocycles. The first kappa shape index (κ1) is 12.7. The molecule has 102 valence electrons. The molecule has 0 radical (unpaired) electrons. The maximum atomic E-state index is 11.2. The Morgan fingerprint density at radius 1 is 1.40 bits per heavy atom. The van der Waals surface area contributed by atoms with Crippen LogP contribution < -0.4 is 5.32 Å². The zero-order chi connectivity index (χ0) is 13.9. The second-order valence-corrected chi connectivity index (χ2v) is 5.08. The maximum Gasteiger partial charge on any atom is 0.221 e. The number of hydrogen-bond donors (Lipinski definition) is 2. The first-order chi connectivity index (χ1) is 9.72. The van der Waals surface area contributed by atoms with Crippen molar-refractivity contribution in [1.29, 1.82) is 0 Å². The highest BCUT2D eigenvalue weighted by Gasteiger charge is 2.15. The number of H-pyrrole nitrogens is 1. The standard InChI is InChI=1S/C16H17N3O/c1-11(20)19-14-6-5-12-3-2-4-13(16(12)8-14)7-15-9-17-10-18-15/h5-10H,2-4H2,1H3,(H,17,18)(H,19,20)/b13-7+. The number of nitrogens with zero attached hydrogens (tertiary/aromatic N) is 1. The van der Waals surface area contributed by atoms with Crippen molar-refractivity contribution in [2.75, 3.05) is 5.32 Å². The summed E-state index contributed by atoms with van der Waals surface area (Å²) in [4.78, 5) is 18.3. The van der Waals surface area contributed by atoms with Crippen LogP contribution in [0.15, 0.2) is 30.7 Å². The van der Waals surface area contributed by atoms with E-state index in [1.165, 1.54) is 23.6 Å². The number of aromatic nitrogens is 2. The summed E-state index contributed by atoms with van der Waals surface area (Å²) in [5, 5.41) is 2.85. The summed E-state index contributed by atoms with van der Waals surface area (Å²) in [6, 6.07) is 6.15. The number of aryl methyl sites for hydroxylation is 1. The van der Waals surface area contributed by atoms with Crippen LogP contribution in [0.25, 0.3) is 11.6 Å². The van der Waals surface area contributed by atoms with E-state index in [0.717, 1.165) is 30.6 Å². The number of carbonyl (C=O) groups is 1. The molecule has 1 aromatic carbocycles.